The van der Waals surface area contributed by atoms with Crippen LogP contribution in [0.2, 0.25) is 0 Å². The van der Waals surface area contributed by atoms with Gasteiger partial charge in [0.05, 0.1) is 17.1 Å². The van der Waals surface area contributed by atoms with Gasteiger partial charge < -0.3 is 9.64 Å². The summed E-state index contributed by atoms with van der Waals surface area (Å²) in [5, 5.41) is 19.8. The van der Waals surface area contributed by atoms with Gasteiger partial charge in [0.15, 0.2) is 0 Å². The minimum Gasteiger partial charge on any atom is -0.371 e. The highest BCUT2D eigenvalue weighted by Crippen LogP contribution is 2.31. The van der Waals surface area contributed by atoms with Gasteiger partial charge >= 0.3 is 0 Å². The van der Waals surface area contributed by atoms with Crippen LogP contribution in [0, 0.1) is 21.4 Å². The highest BCUT2D eigenvalue weighted by molar-refractivity contribution is 5.60. The van der Waals surface area contributed by atoms with E-state index < -0.39 is 4.92 Å². The molecule has 2 atom stereocenters. The van der Waals surface area contributed by atoms with Gasteiger partial charge in [-0.25, -0.2) is 0 Å². The molecule has 2 aliphatic rings. The average Bonchev–Trinajstić information content (AvgIpc) is 2.76. The lowest BCUT2D eigenvalue weighted by molar-refractivity contribution is -0.385. The predicted molar refractivity (Wildman–Crippen MR) is 67.9 cm³/mol. The van der Waals surface area contributed by atoms with Crippen LogP contribution >= 0.6 is 0 Å². The molecule has 2 bridgehead atoms. The Balaban J connectivity index is 1.90. The summed E-state index contributed by atoms with van der Waals surface area (Å²) >= 11 is 0. The summed E-state index contributed by atoms with van der Waals surface area (Å²) in [6.45, 7) is 1.58. The van der Waals surface area contributed by atoms with E-state index in [1.807, 2.05) is 6.07 Å². The summed E-state index contributed by atoms with van der Waals surface area (Å²) in [5.41, 5.74) is 0.839. The summed E-state index contributed by atoms with van der Waals surface area (Å²) in [7, 11) is 0. The molecule has 2 fully saturated rings. The number of nitrogens with zero attached hydrogens (tertiary/aromatic N) is 3. The standard InChI is InChI=1S/C13H13N3O3/c14-6-9-5-10(1-4-13(9)16(17)18)15-7-11-2-3-12(8-15)19-11/h1,4-5,11-12H,2-3,7-8H2. The third-order valence-corrected chi connectivity index (χ3v) is 3.71. The molecule has 3 rings (SSSR count). The number of fused-ring (bicyclic) bond motifs is 2. The van der Waals surface area contributed by atoms with Gasteiger partial charge in [0, 0.05) is 24.8 Å². The quantitative estimate of drug-likeness (QED) is 0.598. The van der Waals surface area contributed by atoms with Gasteiger partial charge in [-0.05, 0) is 25.0 Å². The third-order valence-electron chi connectivity index (χ3n) is 3.71. The Kier molecular flexibility index (Phi) is 2.84. The fraction of sp³-hybridized carbons (Fsp3) is 0.462. The molecule has 1 aromatic carbocycles. The zero-order chi connectivity index (χ0) is 13.4. The van der Waals surface area contributed by atoms with Crippen LogP contribution in [0.15, 0.2) is 18.2 Å². The Morgan fingerprint density at radius 1 is 1.37 bits per heavy atom. The molecule has 2 heterocycles. The highest BCUT2D eigenvalue weighted by Gasteiger charge is 2.34. The second-order valence-corrected chi connectivity index (χ2v) is 4.93. The Morgan fingerprint density at radius 2 is 2.05 bits per heavy atom. The molecule has 1 aromatic rings. The van der Waals surface area contributed by atoms with E-state index in [9.17, 15) is 10.1 Å². The van der Waals surface area contributed by atoms with Crippen LogP contribution in [-0.4, -0.2) is 30.2 Å². The van der Waals surface area contributed by atoms with E-state index in [0.29, 0.717) is 0 Å². The first-order valence-electron chi connectivity index (χ1n) is 6.26. The molecule has 0 radical (unpaired) electrons. The van der Waals surface area contributed by atoms with Crippen LogP contribution in [0.5, 0.6) is 0 Å². The molecule has 2 unspecified atom stereocenters. The van der Waals surface area contributed by atoms with Crippen LogP contribution in [0.25, 0.3) is 0 Å². The molecule has 0 aliphatic carbocycles. The van der Waals surface area contributed by atoms with Gasteiger partial charge in [0.25, 0.3) is 5.69 Å². The smallest absolute Gasteiger partial charge is 0.287 e. The SMILES string of the molecule is N#Cc1cc(N2CC3CCC(C2)O3)ccc1[N+](=O)[O-]. The Hall–Kier alpha value is -2.13. The Bertz CT molecular complexity index is 555. The summed E-state index contributed by atoms with van der Waals surface area (Å²) in [5.74, 6) is 0. The summed E-state index contributed by atoms with van der Waals surface area (Å²) in [6, 6.07) is 6.61. The molecule has 6 heteroatoms. The lowest BCUT2D eigenvalue weighted by Gasteiger charge is -2.33. The van der Waals surface area contributed by atoms with Crippen LogP contribution in [-0.2, 0) is 4.74 Å². The van der Waals surface area contributed by atoms with Gasteiger partial charge in [-0.15, -0.1) is 0 Å². The van der Waals surface area contributed by atoms with Crippen molar-refractivity contribution in [1.29, 1.82) is 5.26 Å². The number of hydrogen-bond donors (Lipinski definition) is 0. The maximum absolute atomic E-state index is 10.8. The lowest BCUT2D eigenvalue weighted by Crippen LogP contribution is -2.42. The first kappa shape index (κ1) is 11.9. The molecule has 6 nitrogen and oxygen atoms in total. The van der Waals surface area contributed by atoms with Gasteiger partial charge in [-0.2, -0.15) is 5.26 Å². The molecule has 0 amide bonds. The van der Waals surface area contributed by atoms with Crippen LogP contribution in [0.3, 0.4) is 0 Å². The van der Waals surface area contributed by atoms with E-state index in [4.69, 9.17) is 10.00 Å². The number of nitro groups is 1. The minimum atomic E-state index is -0.522. The van der Waals surface area contributed by atoms with E-state index in [-0.39, 0.29) is 23.5 Å². The van der Waals surface area contributed by atoms with Crippen molar-refractivity contribution in [1.82, 2.24) is 0 Å². The van der Waals surface area contributed by atoms with Crippen molar-refractivity contribution in [3.8, 4) is 6.07 Å². The first-order valence-corrected chi connectivity index (χ1v) is 6.26. The van der Waals surface area contributed by atoms with E-state index in [1.54, 1.807) is 12.1 Å². The number of nitro benzene ring substituents is 1. The second kappa shape index (κ2) is 4.52. The fourth-order valence-electron chi connectivity index (χ4n) is 2.80. The van der Waals surface area contributed by atoms with Crippen molar-refractivity contribution < 1.29 is 9.66 Å². The van der Waals surface area contributed by atoms with E-state index in [1.165, 1.54) is 6.07 Å². The van der Waals surface area contributed by atoms with Crippen molar-refractivity contribution >= 4 is 11.4 Å². The number of rotatable bonds is 2. The molecule has 19 heavy (non-hydrogen) atoms. The molecule has 0 aromatic heterocycles. The molecular weight excluding hydrogens is 246 g/mol. The summed E-state index contributed by atoms with van der Waals surface area (Å²) in [4.78, 5) is 12.4. The van der Waals surface area contributed by atoms with E-state index in [2.05, 4.69) is 4.90 Å². The Labute approximate surface area is 110 Å². The Morgan fingerprint density at radius 3 is 2.63 bits per heavy atom. The normalized spacial score (nSPS) is 25.1. The van der Waals surface area contributed by atoms with Crippen molar-refractivity contribution in [2.24, 2.45) is 0 Å². The topological polar surface area (TPSA) is 79.4 Å². The zero-order valence-electron chi connectivity index (χ0n) is 10.3. The fourth-order valence-corrected chi connectivity index (χ4v) is 2.80. The van der Waals surface area contributed by atoms with Crippen LogP contribution in [0.1, 0.15) is 18.4 Å². The molecule has 0 spiro atoms. The average molecular weight is 259 g/mol. The van der Waals surface area contributed by atoms with Gasteiger partial charge in [0.1, 0.15) is 11.6 Å². The van der Waals surface area contributed by atoms with Gasteiger partial charge in [-0.1, -0.05) is 0 Å². The van der Waals surface area contributed by atoms with Gasteiger partial charge in [0.2, 0.25) is 0 Å². The van der Waals surface area contributed by atoms with Crippen molar-refractivity contribution in [3.05, 3.63) is 33.9 Å². The van der Waals surface area contributed by atoms with Crippen molar-refractivity contribution in [3.63, 3.8) is 0 Å². The van der Waals surface area contributed by atoms with E-state index >= 15 is 0 Å². The monoisotopic (exact) mass is 259 g/mol. The number of benzene rings is 1. The maximum atomic E-state index is 10.8. The van der Waals surface area contributed by atoms with Crippen molar-refractivity contribution in [2.45, 2.75) is 25.0 Å². The van der Waals surface area contributed by atoms with Gasteiger partial charge in [-0.3, -0.25) is 10.1 Å². The molecule has 98 valence electrons. The van der Waals surface area contributed by atoms with Crippen LogP contribution in [0.4, 0.5) is 11.4 Å². The summed E-state index contributed by atoms with van der Waals surface area (Å²) in [6.07, 6.45) is 2.64. The predicted octanol–water partition coefficient (Wildman–Crippen LogP) is 1.83. The van der Waals surface area contributed by atoms with Crippen LogP contribution < -0.4 is 4.90 Å². The number of morpholine rings is 1. The zero-order valence-corrected chi connectivity index (χ0v) is 10.3. The highest BCUT2D eigenvalue weighted by atomic mass is 16.6. The second-order valence-electron chi connectivity index (χ2n) is 4.93. The maximum Gasteiger partial charge on any atom is 0.287 e. The lowest BCUT2D eigenvalue weighted by atomic mass is 10.1. The summed E-state index contributed by atoms with van der Waals surface area (Å²) < 4.78 is 5.75. The largest absolute Gasteiger partial charge is 0.371 e. The van der Waals surface area contributed by atoms with Crippen molar-refractivity contribution in [2.75, 3.05) is 18.0 Å². The molecule has 0 saturated carbocycles. The number of anilines is 1. The third kappa shape index (κ3) is 2.13. The number of nitriles is 1. The number of hydrogen-bond acceptors (Lipinski definition) is 5. The molecule has 2 saturated heterocycles. The molecular formula is C13H13N3O3. The number of ether oxygens (including phenoxy) is 1. The first-order chi connectivity index (χ1) is 9.17. The van der Waals surface area contributed by atoms with E-state index in [0.717, 1.165) is 31.6 Å². The molecule has 0 N–H and O–H groups in total. The minimum absolute atomic E-state index is 0.112. The molecule has 2 aliphatic heterocycles.